The standard InChI is InChI=1S/C28H36BNO5.C28H30FN3O3.C26H26FN3O3.C6H6FIN2.Li.H2O/c1-8-32-26(31)17-21-11-9-10-12-25(21)33-18-20-15-23(29-34-27(4,5)28(6,7)35-29)22-13-14-30(19(2)3)24(22)16-20;1-4-34-27(33)15-20-7-5-6-8-26(20)35-17-19-13-23(22-9-11-31-24(16-30)28(22)29)21-10-12-32(18(2)3)25(21)14-19;1-16(2)30-10-8-19-21(20-7-9-29-22(14-28)26(20)27)11-17(12-23(19)30)15-33-24-6-4-3-5-18(24)13-25(31)32;7-6-4(8)1-2-10-5(6)3-9;;/h9-16,19H,8,17-18H2,1-7H3;5-14,18H,4,15-17,30H2,1-3H3;3-12,16H,13-15,28H2,1-2H3,(H,31,32);1-2H,3,9H2;;1H2/q;;;;+1;/p-1. The van der Waals surface area contributed by atoms with Gasteiger partial charge >= 0.3 is 43.9 Å². The van der Waals surface area contributed by atoms with E-state index in [0.717, 1.165) is 77.1 Å². The average molecular weight is 1680 g/mol. The number of carbonyl (C=O) groups excluding carboxylic acids is 2. The number of nitrogens with zero attached hydrogens (tertiary/aromatic N) is 6. The minimum Gasteiger partial charge on any atom is -0.870 e. The summed E-state index contributed by atoms with van der Waals surface area (Å²) in [7, 11) is -0.471. The number of halogens is 4. The number of fused-ring (bicyclic) bond motifs is 3. The predicted octanol–water partition coefficient (Wildman–Crippen LogP) is 14.0. The third-order valence-corrected chi connectivity index (χ3v) is 20.5. The predicted molar refractivity (Wildman–Crippen MR) is 446 cm³/mol. The SMILES string of the molecule is CC(C)n1ccc2c(-c3ccnc(CN)c3F)cc(COc3ccccc3CC(=O)O)cc21.CCOC(=O)Cc1ccccc1OCc1cc(-c2ccnc(CN)c2F)c2ccn(C(C)C)c2c1.CCOC(=O)Cc1ccccc1OCc1cc(B2OC(C)(C)C(C)(C)O2)c2ccn(C(C)C)c2c1.NCc1nccc(I)c1F.[Li+].[OH-]. The monoisotopic (exact) mass is 1680 g/mol. The van der Waals surface area contributed by atoms with E-state index in [0.29, 0.717) is 69.1 Å². The van der Waals surface area contributed by atoms with E-state index in [4.69, 9.17) is 50.2 Å². The van der Waals surface area contributed by atoms with Crippen molar-refractivity contribution in [1.82, 2.24) is 28.7 Å². The van der Waals surface area contributed by atoms with Crippen molar-refractivity contribution in [3.05, 3.63) is 254 Å². The molecular formula is C88H99BF3ILiN9O12. The number of esters is 2. The molecule has 115 heavy (non-hydrogen) atoms. The van der Waals surface area contributed by atoms with Crippen molar-refractivity contribution in [2.75, 3.05) is 13.2 Å². The van der Waals surface area contributed by atoms with Crippen molar-refractivity contribution in [1.29, 1.82) is 0 Å². The number of hydrogen-bond acceptors (Lipinski definition) is 17. The summed E-state index contributed by atoms with van der Waals surface area (Å²) in [6.07, 6.45) is 11.0. The van der Waals surface area contributed by atoms with Gasteiger partial charge in [0.1, 0.15) is 37.1 Å². The largest absolute Gasteiger partial charge is 1.00 e. The van der Waals surface area contributed by atoms with Crippen LogP contribution in [0.15, 0.2) is 183 Å². The van der Waals surface area contributed by atoms with Gasteiger partial charge in [-0.25, -0.2) is 13.2 Å². The molecule has 1 saturated heterocycles. The van der Waals surface area contributed by atoms with Crippen molar-refractivity contribution in [3.63, 3.8) is 0 Å². The molecule has 0 spiro atoms. The van der Waals surface area contributed by atoms with Gasteiger partial charge in [0.2, 0.25) is 0 Å². The van der Waals surface area contributed by atoms with Gasteiger partial charge in [0.15, 0.2) is 17.5 Å². The Hall–Kier alpha value is -9.86. The van der Waals surface area contributed by atoms with Gasteiger partial charge < -0.3 is 74.5 Å². The summed E-state index contributed by atoms with van der Waals surface area (Å²) in [6.45, 7) is 26.3. The molecule has 0 aliphatic carbocycles. The van der Waals surface area contributed by atoms with Crippen molar-refractivity contribution in [2.45, 2.75) is 171 Å². The first-order chi connectivity index (χ1) is 54.1. The van der Waals surface area contributed by atoms with E-state index in [1.54, 1.807) is 74.9 Å². The molecule has 8 N–H and O–H groups in total. The fourth-order valence-electron chi connectivity index (χ4n) is 13.2. The molecule has 12 aromatic rings. The number of pyridine rings is 3. The molecule has 0 atom stereocenters. The molecule has 21 nitrogen and oxygen atoms in total. The molecule has 1 aliphatic rings. The summed E-state index contributed by atoms with van der Waals surface area (Å²) in [4.78, 5) is 47.1. The number of rotatable bonds is 26. The first kappa shape index (κ1) is 90.7. The van der Waals surface area contributed by atoms with Gasteiger partial charge in [-0.15, -0.1) is 0 Å². The van der Waals surface area contributed by atoms with E-state index in [9.17, 15) is 23.9 Å². The van der Waals surface area contributed by atoms with E-state index in [1.807, 2.05) is 114 Å². The van der Waals surface area contributed by atoms with Crippen LogP contribution in [0.25, 0.3) is 55.0 Å². The topological polar surface area (TPSA) is 298 Å². The summed E-state index contributed by atoms with van der Waals surface area (Å²) in [5.41, 5.74) is 27.9. The molecular weight excluding hydrogens is 1580 g/mol. The van der Waals surface area contributed by atoms with Crippen LogP contribution in [-0.2, 0) is 91.9 Å². The Kier molecular flexibility index (Phi) is 32.4. The number of ether oxygens (including phenoxy) is 5. The minimum atomic E-state index is -0.923. The molecule has 0 unspecified atom stereocenters. The van der Waals surface area contributed by atoms with Crippen LogP contribution in [0.3, 0.4) is 0 Å². The summed E-state index contributed by atoms with van der Waals surface area (Å²) in [6, 6.07) is 46.1. The Balaban J connectivity index is 0.000000201. The number of aliphatic carboxylic acids is 1. The maximum atomic E-state index is 15.2. The smallest absolute Gasteiger partial charge is 0.870 e. The maximum absolute atomic E-state index is 15.2. The van der Waals surface area contributed by atoms with Gasteiger partial charge in [0.05, 0.1) is 64.3 Å². The number of carboxylic acids is 1. The van der Waals surface area contributed by atoms with Crippen LogP contribution < -0.4 is 55.7 Å². The van der Waals surface area contributed by atoms with E-state index in [1.165, 1.54) is 0 Å². The molecule has 6 aromatic carbocycles. The van der Waals surface area contributed by atoms with Crippen molar-refractivity contribution in [2.24, 2.45) is 17.2 Å². The number of benzene rings is 6. The van der Waals surface area contributed by atoms with Gasteiger partial charge in [-0.2, -0.15) is 0 Å². The molecule has 0 saturated carbocycles. The fraction of sp³-hybridized carbons (Fsp3) is 0.318. The normalized spacial score (nSPS) is 12.6. The Morgan fingerprint density at radius 3 is 1.18 bits per heavy atom. The van der Waals surface area contributed by atoms with E-state index in [2.05, 4.69) is 128 Å². The number of carbonyl (C=O) groups is 3. The number of aromatic nitrogens is 6. The van der Waals surface area contributed by atoms with Gasteiger partial charge in [0, 0.05) is 130 Å². The van der Waals surface area contributed by atoms with Crippen LogP contribution in [0.1, 0.15) is 152 Å². The van der Waals surface area contributed by atoms with E-state index >= 15 is 8.78 Å². The number of nitrogens with two attached hydrogens (primary N) is 3. The average Bonchev–Trinajstić information content (AvgIpc) is 1.62. The van der Waals surface area contributed by atoms with Crippen molar-refractivity contribution in [3.8, 4) is 39.5 Å². The fourth-order valence-corrected chi connectivity index (χ4v) is 13.7. The summed E-state index contributed by atoms with van der Waals surface area (Å²) >= 11 is 1.90. The molecule has 7 heterocycles. The van der Waals surface area contributed by atoms with Gasteiger partial charge in [-0.3, -0.25) is 29.3 Å². The molecule has 1 aliphatic heterocycles. The molecule has 0 radical (unpaired) electrons. The molecule has 1 fully saturated rings. The minimum absolute atomic E-state index is 0. The third-order valence-electron chi connectivity index (χ3n) is 19.6. The van der Waals surface area contributed by atoms with Crippen LogP contribution in [0.2, 0.25) is 0 Å². The van der Waals surface area contributed by atoms with E-state index < -0.39 is 35.9 Å². The molecule has 27 heteroatoms. The zero-order valence-corrected chi connectivity index (χ0v) is 69.5. The summed E-state index contributed by atoms with van der Waals surface area (Å²) in [5, 5.41) is 12.2. The van der Waals surface area contributed by atoms with Crippen LogP contribution in [0, 0.1) is 21.0 Å². The van der Waals surface area contributed by atoms with Crippen LogP contribution in [-0.4, -0.2) is 88.7 Å². The van der Waals surface area contributed by atoms with Crippen LogP contribution in [0.5, 0.6) is 17.2 Å². The second kappa shape index (κ2) is 41.1. The number of carboxylic acid groups (broad SMARTS) is 1. The van der Waals surface area contributed by atoms with E-state index in [-0.39, 0.29) is 118 Å². The first-order valence-electron chi connectivity index (χ1n) is 37.7. The molecule has 600 valence electrons. The van der Waals surface area contributed by atoms with Crippen LogP contribution in [0.4, 0.5) is 13.2 Å². The Morgan fingerprint density at radius 2 is 0.826 bits per heavy atom. The zero-order valence-electron chi connectivity index (χ0n) is 67.3. The second-order valence-electron chi connectivity index (χ2n) is 28.9. The molecule has 13 rings (SSSR count). The first-order valence-corrected chi connectivity index (χ1v) is 38.7. The third kappa shape index (κ3) is 22.0. The van der Waals surface area contributed by atoms with Crippen molar-refractivity contribution < 1.29 is 90.0 Å². The van der Waals surface area contributed by atoms with Gasteiger partial charge in [-0.05, 0) is 229 Å². The molecule has 0 bridgehead atoms. The summed E-state index contributed by atoms with van der Waals surface area (Å²) < 4.78 is 91.8. The maximum Gasteiger partial charge on any atom is 1.00 e. The zero-order chi connectivity index (χ0) is 81.4. The summed E-state index contributed by atoms with van der Waals surface area (Å²) in [5.74, 6) is -0.817. The van der Waals surface area contributed by atoms with Crippen molar-refractivity contribution >= 4 is 85.8 Å². The number of hydrogen-bond donors (Lipinski definition) is 4. The van der Waals surface area contributed by atoms with Crippen LogP contribution >= 0.6 is 22.6 Å². The van der Waals surface area contributed by atoms with Gasteiger partial charge in [-0.1, -0.05) is 60.7 Å². The van der Waals surface area contributed by atoms with Gasteiger partial charge in [0.25, 0.3) is 0 Å². The Morgan fingerprint density at radius 1 is 0.487 bits per heavy atom. The number of para-hydroxylation sites is 3. The quantitative estimate of drug-likeness (QED) is 0.0222. The second-order valence-corrected chi connectivity index (χ2v) is 30.1. The Labute approximate surface area is 695 Å². The molecule has 0 amide bonds. The molecule has 6 aromatic heterocycles. The Bertz CT molecular complexity index is 5330.